The highest BCUT2D eigenvalue weighted by atomic mass is 16.5. The van der Waals surface area contributed by atoms with E-state index < -0.39 is 6.10 Å². The van der Waals surface area contributed by atoms with E-state index in [0.717, 1.165) is 12.1 Å². The maximum absolute atomic E-state index is 9.42. The summed E-state index contributed by atoms with van der Waals surface area (Å²) in [6.45, 7) is 1.79. The first-order chi connectivity index (χ1) is 8.17. The highest BCUT2D eigenvalue weighted by Crippen LogP contribution is 2.05. The first-order valence-electron chi connectivity index (χ1n) is 5.60. The van der Waals surface area contributed by atoms with Gasteiger partial charge in [-0.3, -0.25) is 0 Å². The summed E-state index contributed by atoms with van der Waals surface area (Å²) in [5, 5.41) is 21.4. The van der Waals surface area contributed by atoms with E-state index in [1.165, 1.54) is 0 Å². The van der Waals surface area contributed by atoms with Crippen LogP contribution in [0.4, 0.5) is 0 Å². The van der Waals surface area contributed by atoms with Gasteiger partial charge in [-0.05, 0) is 24.6 Å². The van der Waals surface area contributed by atoms with Gasteiger partial charge in [-0.15, -0.1) is 0 Å². The third-order valence-electron chi connectivity index (χ3n) is 2.52. The minimum atomic E-state index is -0.419. The molecule has 5 heteroatoms. The molecule has 2 N–H and O–H groups in total. The maximum atomic E-state index is 9.42. The zero-order chi connectivity index (χ0) is 12.7. The van der Waals surface area contributed by atoms with E-state index in [0.29, 0.717) is 25.3 Å². The predicted molar refractivity (Wildman–Crippen MR) is 64.3 cm³/mol. The third-order valence-corrected chi connectivity index (χ3v) is 2.52. The Bertz CT molecular complexity index is 382. The van der Waals surface area contributed by atoms with Gasteiger partial charge in [-0.2, -0.15) is 5.26 Å². The number of aliphatic hydroxyl groups is 1. The molecule has 1 aromatic rings. The molecular weight excluding hydrogens is 218 g/mol. The van der Waals surface area contributed by atoms with Gasteiger partial charge in [-0.1, -0.05) is 0 Å². The van der Waals surface area contributed by atoms with Crippen molar-refractivity contribution in [1.29, 1.82) is 5.26 Å². The number of nitrogens with one attached hydrogen (secondary N) is 1. The number of rotatable bonds is 7. The molecule has 17 heavy (non-hydrogen) atoms. The van der Waals surface area contributed by atoms with Gasteiger partial charge in [0.1, 0.15) is 11.8 Å². The Balaban J connectivity index is 2.24. The summed E-state index contributed by atoms with van der Waals surface area (Å²) in [6, 6.07) is 3.98. The largest absolute Gasteiger partial charge is 0.391 e. The minimum Gasteiger partial charge on any atom is -0.391 e. The van der Waals surface area contributed by atoms with Crippen LogP contribution >= 0.6 is 0 Å². The normalized spacial score (nSPS) is 12.4. The van der Waals surface area contributed by atoms with Crippen LogP contribution in [0, 0.1) is 11.3 Å². The zero-order valence-electron chi connectivity index (χ0n) is 10.3. The smallest absolute Gasteiger partial charge is 0.120 e. The second-order valence-electron chi connectivity index (χ2n) is 4.03. The van der Waals surface area contributed by atoms with Gasteiger partial charge >= 0.3 is 0 Å². The lowest BCUT2D eigenvalue weighted by molar-refractivity contribution is 0.0594. The number of nitriles is 1. The summed E-state index contributed by atoms with van der Waals surface area (Å²) < 4.78 is 6.64. The van der Waals surface area contributed by atoms with Crippen LogP contribution in [0.3, 0.4) is 0 Å². The van der Waals surface area contributed by atoms with Crippen molar-refractivity contribution in [2.45, 2.75) is 19.1 Å². The molecule has 0 aliphatic heterocycles. The van der Waals surface area contributed by atoms with Crippen LogP contribution in [0.25, 0.3) is 0 Å². The van der Waals surface area contributed by atoms with Gasteiger partial charge in [0.05, 0.1) is 12.7 Å². The standard InChI is InChI=1S/C12H19N3O2/c1-15-8-10(5-11(15)6-13)7-14-4-3-12(16)9-17-2/h5,8,12,14,16H,3-4,7,9H2,1-2H3. The Morgan fingerprint density at radius 1 is 1.65 bits per heavy atom. The fourth-order valence-corrected chi connectivity index (χ4v) is 1.62. The lowest BCUT2D eigenvalue weighted by Crippen LogP contribution is -2.22. The van der Waals surface area contributed by atoms with Crippen molar-refractivity contribution in [2.24, 2.45) is 7.05 Å². The molecular formula is C12H19N3O2. The number of hydrogen-bond donors (Lipinski definition) is 2. The Morgan fingerprint density at radius 3 is 3.00 bits per heavy atom. The lowest BCUT2D eigenvalue weighted by atomic mass is 10.2. The minimum absolute atomic E-state index is 0.367. The number of nitrogens with zero attached hydrogens (tertiary/aromatic N) is 2. The molecule has 0 spiro atoms. The molecule has 1 aromatic heterocycles. The molecule has 0 aliphatic carbocycles. The third kappa shape index (κ3) is 4.57. The molecule has 0 saturated carbocycles. The summed E-state index contributed by atoms with van der Waals surface area (Å²) in [6.07, 6.45) is 2.17. The van der Waals surface area contributed by atoms with E-state index >= 15 is 0 Å². The van der Waals surface area contributed by atoms with Crippen molar-refractivity contribution in [3.05, 3.63) is 23.5 Å². The van der Waals surface area contributed by atoms with Crippen molar-refractivity contribution in [3.63, 3.8) is 0 Å². The number of hydrogen-bond acceptors (Lipinski definition) is 4. The van der Waals surface area contributed by atoms with Crippen LogP contribution in [0.5, 0.6) is 0 Å². The van der Waals surface area contributed by atoms with E-state index in [9.17, 15) is 5.11 Å². The molecule has 94 valence electrons. The Hall–Kier alpha value is -1.35. The first kappa shape index (κ1) is 13.7. The van der Waals surface area contributed by atoms with Crippen molar-refractivity contribution >= 4 is 0 Å². The van der Waals surface area contributed by atoms with Gasteiger partial charge in [0.2, 0.25) is 0 Å². The van der Waals surface area contributed by atoms with Gasteiger partial charge in [0.15, 0.2) is 0 Å². The predicted octanol–water partition coefficient (Wildman–Crippen LogP) is 0.384. The summed E-state index contributed by atoms with van der Waals surface area (Å²) in [4.78, 5) is 0. The fourth-order valence-electron chi connectivity index (χ4n) is 1.62. The molecule has 5 nitrogen and oxygen atoms in total. The molecule has 0 aromatic carbocycles. The topological polar surface area (TPSA) is 70.2 Å². The molecule has 0 aliphatic rings. The van der Waals surface area contributed by atoms with Gasteiger partial charge in [0, 0.05) is 26.9 Å². The maximum Gasteiger partial charge on any atom is 0.120 e. The van der Waals surface area contributed by atoms with Gasteiger partial charge < -0.3 is 19.7 Å². The summed E-state index contributed by atoms with van der Waals surface area (Å²) in [5.41, 5.74) is 1.73. The highest BCUT2D eigenvalue weighted by Gasteiger charge is 2.04. The van der Waals surface area contributed by atoms with Crippen LogP contribution in [-0.2, 0) is 18.3 Å². The second-order valence-corrected chi connectivity index (χ2v) is 4.03. The van der Waals surface area contributed by atoms with E-state index in [4.69, 9.17) is 10.00 Å². The summed E-state index contributed by atoms with van der Waals surface area (Å²) >= 11 is 0. The average Bonchev–Trinajstić information content (AvgIpc) is 2.66. The molecule has 1 rings (SSSR count). The molecule has 0 bridgehead atoms. The molecule has 0 saturated heterocycles. The van der Waals surface area contributed by atoms with Crippen LogP contribution in [0.1, 0.15) is 17.7 Å². The van der Waals surface area contributed by atoms with E-state index in [-0.39, 0.29) is 0 Å². The van der Waals surface area contributed by atoms with Gasteiger partial charge in [-0.25, -0.2) is 0 Å². The monoisotopic (exact) mass is 237 g/mol. The number of aromatic nitrogens is 1. The average molecular weight is 237 g/mol. The van der Waals surface area contributed by atoms with Crippen LogP contribution in [0.2, 0.25) is 0 Å². The molecule has 0 fully saturated rings. The molecule has 1 heterocycles. The summed E-state index contributed by atoms with van der Waals surface area (Å²) in [7, 11) is 3.43. The quantitative estimate of drug-likeness (QED) is 0.673. The molecule has 0 amide bonds. The molecule has 0 radical (unpaired) electrons. The van der Waals surface area contributed by atoms with Gasteiger partial charge in [0.25, 0.3) is 0 Å². The second kappa shape index (κ2) is 7.07. The van der Waals surface area contributed by atoms with Crippen molar-refractivity contribution < 1.29 is 9.84 Å². The number of methoxy groups -OCH3 is 1. The van der Waals surface area contributed by atoms with Crippen LogP contribution in [-0.4, -0.2) is 36.0 Å². The fraction of sp³-hybridized carbons (Fsp3) is 0.583. The Labute approximate surface area is 102 Å². The Morgan fingerprint density at radius 2 is 2.41 bits per heavy atom. The first-order valence-corrected chi connectivity index (χ1v) is 5.60. The number of aryl methyl sites for hydroxylation is 1. The van der Waals surface area contributed by atoms with Crippen molar-refractivity contribution in [3.8, 4) is 6.07 Å². The summed E-state index contributed by atoms with van der Waals surface area (Å²) in [5.74, 6) is 0. The SMILES string of the molecule is COCC(O)CCNCc1cc(C#N)n(C)c1. The number of aliphatic hydroxyl groups excluding tert-OH is 1. The Kier molecular flexibility index (Phi) is 5.70. The van der Waals surface area contributed by atoms with Crippen LogP contribution < -0.4 is 5.32 Å². The van der Waals surface area contributed by atoms with E-state index in [1.54, 1.807) is 11.7 Å². The van der Waals surface area contributed by atoms with Crippen LogP contribution in [0.15, 0.2) is 12.3 Å². The van der Waals surface area contributed by atoms with Crippen molar-refractivity contribution in [1.82, 2.24) is 9.88 Å². The zero-order valence-corrected chi connectivity index (χ0v) is 10.3. The molecule has 1 unspecified atom stereocenters. The lowest BCUT2D eigenvalue weighted by Gasteiger charge is -2.09. The van der Waals surface area contributed by atoms with E-state index in [2.05, 4.69) is 11.4 Å². The highest BCUT2D eigenvalue weighted by molar-refractivity contribution is 5.28. The number of ether oxygens (including phenoxy) is 1. The molecule has 1 atom stereocenters. The van der Waals surface area contributed by atoms with E-state index in [1.807, 2.05) is 19.3 Å². The van der Waals surface area contributed by atoms with Crippen molar-refractivity contribution in [2.75, 3.05) is 20.3 Å².